The second kappa shape index (κ2) is 6.95. The summed E-state index contributed by atoms with van der Waals surface area (Å²) >= 11 is 0. The van der Waals surface area contributed by atoms with Gasteiger partial charge in [-0.25, -0.2) is 9.97 Å². The van der Waals surface area contributed by atoms with E-state index in [4.69, 9.17) is 4.98 Å². The Bertz CT molecular complexity index is 1080. The number of nitrogens with zero attached hydrogens (tertiary/aromatic N) is 6. The monoisotopic (exact) mass is 389 g/mol. The van der Waals surface area contributed by atoms with Crippen LogP contribution in [0, 0.1) is 13.8 Å². The minimum absolute atomic E-state index is 0.130. The Hall–Kier alpha value is -3.29. The van der Waals surface area contributed by atoms with Crippen molar-refractivity contribution in [3.63, 3.8) is 0 Å². The number of hydrogen-bond donors (Lipinski definition) is 1. The van der Waals surface area contributed by atoms with Gasteiger partial charge in [0.05, 0.1) is 11.7 Å². The van der Waals surface area contributed by atoms with Crippen molar-refractivity contribution < 1.29 is 4.79 Å². The first kappa shape index (κ1) is 17.8. The van der Waals surface area contributed by atoms with Crippen molar-refractivity contribution in [3.8, 4) is 11.4 Å². The van der Waals surface area contributed by atoms with Crippen molar-refractivity contribution >= 4 is 11.7 Å². The second-order valence-electron chi connectivity index (χ2n) is 7.71. The van der Waals surface area contributed by atoms with Crippen molar-refractivity contribution in [2.75, 3.05) is 24.5 Å². The van der Waals surface area contributed by atoms with Gasteiger partial charge in [0, 0.05) is 48.8 Å². The molecule has 1 atom stereocenters. The summed E-state index contributed by atoms with van der Waals surface area (Å²) in [5.74, 6) is 1.28. The van der Waals surface area contributed by atoms with Gasteiger partial charge in [-0.1, -0.05) is 0 Å². The van der Waals surface area contributed by atoms with Crippen LogP contribution in [-0.4, -0.2) is 50.3 Å². The van der Waals surface area contributed by atoms with E-state index in [2.05, 4.69) is 43.0 Å². The Morgan fingerprint density at radius 1 is 1.24 bits per heavy atom. The van der Waals surface area contributed by atoms with E-state index >= 15 is 0 Å². The van der Waals surface area contributed by atoms with E-state index in [1.165, 1.54) is 5.69 Å². The summed E-state index contributed by atoms with van der Waals surface area (Å²) in [5, 5.41) is 7.57. The van der Waals surface area contributed by atoms with E-state index in [1.807, 2.05) is 19.1 Å². The topological polar surface area (TPSA) is 88.8 Å². The molecule has 0 bridgehead atoms. The zero-order valence-electron chi connectivity index (χ0n) is 16.6. The van der Waals surface area contributed by atoms with Gasteiger partial charge in [0.25, 0.3) is 5.91 Å². The average Bonchev–Trinajstić information content (AvgIpc) is 3.34. The predicted molar refractivity (Wildman–Crippen MR) is 109 cm³/mol. The number of amides is 1. The van der Waals surface area contributed by atoms with Crippen LogP contribution in [0.2, 0.25) is 0 Å². The summed E-state index contributed by atoms with van der Waals surface area (Å²) in [6.45, 7) is 6.43. The van der Waals surface area contributed by atoms with Gasteiger partial charge in [0.2, 0.25) is 0 Å². The van der Waals surface area contributed by atoms with Gasteiger partial charge >= 0.3 is 0 Å². The van der Waals surface area contributed by atoms with Gasteiger partial charge in [0.1, 0.15) is 11.5 Å². The van der Waals surface area contributed by atoms with Crippen LogP contribution >= 0.6 is 0 Å². The molecule has 148 valence electrons. The Labute approximate surface area is 169 Å². The largest absolute Gasteiger partial charge is 0.354 e. The Morgan fingerprint density at radius 3 is 2.90 bits per heavy atom. The van der Waals surface area contributed by atoms with E-state index < -0.39 is 0 Å². The van der Waals surface area contributed by atoms with Gasteiger partial charge in [-0.2, -0.15) is 5.10 Å². The molecule has 8 heteroatoms. The minimum Gasteiger partial charge on any atom is -0.354 e. The summed E-state index contributed by atoms with van der Waals surface area (Å²) in [6.07, 6.45) is 5.18. The number of fused-ring (bicyclic) bond motifs is 1. The molecule has 1 unspecified atom stereocenters. The normalized spacial score (nSPS) is 18.6. The first-order valence-corrected chi connectivity index (χ1v) is 9.97. The van der Waals surface area contributed by atoms with Crippen LogP contribution < -0.4 is 10.2 Å². The molecular formula is C21H23N7O. The molecule has 5 rings (SSSR count). The molecule has 8 nitrogen and oxygen atoms in total. The van der Waals surface area contributed by atoms with Gasteiger partial charge in [-0.05, 0) is 44.9 Å². The highest BCUT2D eigenvalue weighted by molar-refractivity contribution is 5.96. The van der Waals surface area contributed by atoms with E-state index in [0.29, 0.717) is 24.1 Å². The second-order valence-corrected chi connectivity index (χ2v) is 7.71. The molecule has 0 saturated carbocycles. The quantitative estimate of drug-likeness (QED) is 0.738. The lowest BCUT2D eigenvalue weighted by Crippen LogP contribution is -2.35. The molecule has 29 heavy (non-hydrogen) atoms. The molecule has 0 aliphatic carbocycles. The molecule has 1 fully saturated rings. The van der Waals surface area contributed by atoms with E-state index in [9.17, 15) is 4.79 Å². The highest BCUT2D eigenvalue weighted by Gasteiger charge is 2.32. The van der Waals surface area contributed by atoms with Crippen LogP contribution in [0.1, 0.15) is 39.9 Å². The smallest absolute Gasteiger partial charge is 0.270 e. The summed E-state index contributed by atoms with van der Waals surface area (Å²) in [6, 6.07) is 6.18. The highest BCUT2D eigenvalue weighted by Crippen LogP contribution is 2.32. The Balaban J connectivity index is 1.55. The van der Waals surface area contributed by atoms with Crippen LogP contribution in [0.3, 0.4) is 0 Å². The van der Waals surface area contributed by atoms with Crippen molar-refractivity contribution in [1.29, 1.82) is 0 Å². The summed E-state index contributed by atoms with van der Waals surface area (Å²) in [7, 11) is 0. The van der Waals surface area contributed by atoms with Crippen LogP contribution in [-0.2, 0) is 6.42 Å². The van der Waals surface area contributed by atoms with Crippen molar-refractivity contribution in [3.05, 3.63) is 53.2 Å². The molecule has 5 heterocycles. The van der Waals surface area contributed by atoms with Crippen molar-refractivity contribution in [1.82, 2.24) is 30.0 Å². The van der Waals surface area contributed by atoms with Gasteiger partial charge < -0.3 is 10.2 Å². The van der Waals surface area contributed by atoms with Crippen LogP contribution in [0.5, 0.6) is 0 Å². The third-order valence-electron chi connectivity index (χ3n) is 5.63. The maximum atomic E-state index is 12.5. The molecule has 1 saturated heterocycles. The maximum absolute atomic E-state index is 12.5. The van der Waals surface area contributed by atoms with Crippen LogP contribution in [0.25, 0.3) is 11.4 Å². The summed E-state index contributed by atoms with van der Waals surface area (Å²) in [4.78, 5) is 28.5. The van der Waals surface area contributed by atoms with E-state index in [1.54, 1.807) is 12.4 Å². The lowest BCUT2D eigenvalue weighted by molar-refractivity contribution is 0.0940. The fourth-order valence-corrected chi connectivity index (χ4v) is 4.31. The lowest BCUT2D eigenvalue weighted by atomic mass is 10.1. The predicted octanol–water partition coefficient (Wildman–Crippen LogP) is 2.09. The van der Waals surface area contributed by atoms with Crippen molar-refractivity contribution in [2.45, 2.75) is 32.7 Å². The average molecular weight is 389 g/mol. The summed E-state index contributed by atoms with van der Waals surface area (Å²) in [5.41, 5.74) is 4.44. The fourth-order valence-electron chi connectivity index (χ4n) is 4.31. The molecule has 0 aromatic carbocycles. The number of hydrogen-bond acceptors (Lipinski definition) is 6. The number of pyridine rings is 1. The zero-order valence-corrected chi connectivity index (χ0v) is 16.6. The summed E-state index contributed by atoms with van der Waals surface area (Å²) < 4.78 is 2.12. The molecular weight excluding hydrogens is 366 g/mol. The molecule has 3 aromatic rings. The molecule has 0 spiro atoms. The SMILES string of the molecule is Cc1cc(C)n(C2CCN(c3nc(-c4cccnc4)nc4c3CCNC4=O)C2)n1. The fraction of sp³-hybridized carbons (Fsp3) is 0.381. The first-order valence-electron chi connectivity index (χ1n) is 9.97. The van der Waals surface area contributed by atoms with E-state index in [0.717, 1.165) is 48.6 Å². The molecule has 2 aliphatic heterocycles. The molecule has 1 N–H and O–H groups in total. The Morgan fingerprint density at radius 2 is 2.14 bits per heavy atom. The standard InChI is InChI=1S/C21H23N7O/c1-13-10-14(2)28(26-13)16-6-9-27(12-16)20-17-5-8-23-21(29)18(17)24-19(25-20)15-4-3-7-22-11-15/h3-4,7,10-11,16H,5-6,8-9,12H2,1-2H3,(H,23,29). The molecule has 3 aromatic heterocycles. The Kier molecular flexibility index (Phi) is 4.26. The number of aromatic nitrogens is 5. The number of rotatable bonds is 3. The minimum atomic E-state index is -0.130. The maximum Gasteiger partial charge on any atom is 0.270 e. The molecule has 1 amide bonds. The number of aryl methyl sites for hydroxylation is 2. The number of nitrogens with one attached hydrogen (secondary N) is 1. The third kappa shape index (κ3) is 3.14. The number of anilines is 1. The zero-order chi connectivity index (χ0) is 20.0. The van der Waals surface area contributed by atoms with Gasteiger partial charge in [0.15, 0.2) is 5.82 Å². The lowest BCUT2D eigenvalue weighted by Gasteiger charge is -2.25. The van der Waals surface area contributed by atoms with Crippen LogP contribution in [0.4, 0.5) is 5.82 Å². The third-order valence-corrected chi connectivity index (χ3v) is 5.63. The van der Waals surface area contributed by atoms with Crippen molar-refractivity contribution in [2.24, 2.45) is 0 Å². The van der Waals surface area contributed by atoms with Gasteiger partial charge in [-0.15, -0.1) is 0 Å². The van der Waals surface area contributed by atoms with Crippen LogP contribution in [0.15, 0.2) is 30.6 Å². The van der Waals surface area contributed by atoms with E-state index in [-0.39, 0.29) is 5.91 Å². The first-order chi connectivity index (χ1) is 14.1. The number of carbonyl (C=O) groups is 1. The molecule has 0 radical (unpaired) electrons. The highest BCUT2D eigenvalue weighted by atomic mass is 16.1. The molecule has 2 aliphatic rings. The van der Waals surface area contributed by atoms with Gasteiger partial charge in [-0.3, -0.25) is 14.5 Å². The number of carbonyl (C=O) groups excluding carboxylic acids is 1.